The van der Waals surface area contributed by atoms with Crippen LogP contribution in [-0.4, -0.2) is 30.4 Å². The highest BCUT2D eigenvalue weighted by molar-refractivity contribution is 6.19. The smallest absolute Gasteiger partial charge is 0.338 e. The average Bonchev–Trinajstić information content (AvgIpc) is 2.91. The lowest BCUT2D eigenvalue weighted by Gasteiger charge is -2.13. The first-order valence-corrected chi connectivity index (χ1v) is 7.83. The van der Waals surface area contributed by atoms with Crippen LogP contribution in [0.25, 0.3) is 11.1 Å². The molecule has 0 aliphatic carbocycles. The highest BCUT2D eigenvalue weighted by atomic mass is 35.5. The summed E-state index contributed by atoms with van der Waals surface area (Å²) in [4.78, 5) is 12.0. The molecule has 0 saturated carbocycles. The van der Waals surface area contributed by atoms with Gasteiger partial charge < -0.3 is 9.47 Å². The molecule has 3 rings (SSSR count). The lowest BCUT2D eigenvalue weighted by atomic mass is 10.0. The molecule has 1 fully saturated rings. The number of rotatable bonds is 4. The molecule has 0 radical (unpaired) electrons. The van der Waals surface area contributed by atoms with Crippen LogP contribution in [0.4, 0.5) is 4.39 Å². The Morgan fingerprint density at radius 2 is 1.78 bits per heavy atom. The highest BCUT2D eigenvalue weighted by Gasteiger charge is 2.35. The van der Waals surface area contributed by atoms with Crippen LogP contribution in [-0.2, 0) is 9.47 Å². The van der Waals surface area contributed by atoms with Gasteiger partial charge in [-0.2, -0.15) is 0 Å². The predicted molar refractivity (Wildman–Crippen MR) is 86.2 cm³/mol. The first kappa shape index (κ1) is 16.0. The summed E-state index contributed by atoms with van der Waals surface area (Å²) in [6.45, 7) is -0.135. The zero-order valence-electron chi connectivity index (χ0n) is 12.3. The molecule has 3 atom stereocenters. The van der Waals surface area contributed by atoms with Crippen molar-refractivity contribution in [3.05, 3.63) is 60.2 Å². The third kappa shape index (κ3) is 3.89. The molecule has 1 heterocycles. The number of hydrogen-bond donors (Lipinski definition) is 0. The zero-order chi connectivity index (χ0) is 16.2. The molecule has 0 bridgehead atoms. The Morgan fingerprint density at radius 1 is 1.13 bits per heavy atom. The van der Waals surface area contributed by atoms with E-state index >= 15 is 0 Å². The van der Waals surface area contributed by atoms with E-state index in [1.54, 1.807) is 12.1 Å². The molecule has 3 nitrogen and oxygen atoms in total. The van der Waals surface area contributed by atoms with Crippen molar-refractivity contribution in [1.82, 2.24) is 0 Å². The molecule has 2 aromatic carbocycles. The molecule has 0 N–H and O–H groups in total. The van der Waals surface area contributed by atoms with Gasteiger partial charge in [-0.25, -0.2) is 9.18 Å². The summed E-state index contributed by atoms with van der Waals surface area (Å²) in [7, 11) is 0. The molecule has 5 heteroatoms. The number of alkyl halides is 2. The SMILES string of the molecule is O=C(OCC1OC(Cl)CC1F)c1ccc(-c2ccccc2)cc1. The Labute approximate surface area is 139 Å². The van der Waals surface area contributed by atoms with Crippen molar-refractivity contribution in [2.75, 3.05) is 6.61 Å². The van der Waals surface area contributed by atoms with Gasteiger partial charge >= 0.3 is 5.97 Å². The lowest BCUT2D eigenvalue weighted by Crippen LogP contribution is -2.25. The van der Waals surface area contributed by atoms with E-state index in [1.807, 2.05) is 42.5 Å². The monoisotopic (exact) mass is 334 g/mol. The van der Waals surface area contributed by atoms with E-state index in [9.17, 15) is 9.18 Å². The Hall–Kier alpha value is -1.91. The summed E-state index contributed by atoms with van der Waals surface area (Å²) in [5.41, 5.74) is 1.84. The lowest BCUT2D eigenvalue weighted by molar-refractivity contribution is -0.00484. The summed E-state index contributed by atoms with van der Waals surface area (Å²) in [6.07, 6.45) is -1.87. The molecule has 1 saturated heterocycles. The van der Waals surface area contributed by atoms with Gasteiger partial charge in [0, 0.05) is 6.42 Å². The van der Waals surface area contributed by atoms with Gasteiger partial charge in [-0.3, -0.25) is 0 Å². The van der Waals surface area contributed by atoms with Crippen molar-refractivity contribution < 1.29 is 18.7 Å². The second kappa shape index (κ2) is 7.11. The number of esters is 1. The van der Waals surface area contributed by atoms with Gasteiger partial charge in [0.1, 0.15) is 24.4 Å². The van der Waals surface area contributed by atoms with Crippen LogP contribution in [0.5, 0.6) is 0 Å². The Balaban J connectivity index is 1.60. The molecule has 0 spiro atoms. The largest absolute Gasteiger partial charge is 0.459 e. The second-order valence-corrected chi connectivity index (χ2v) is 5.86. The van der Waals surface area contributed by atoms with E-state index in [0.717, 1.165) is 11.1 Å². The molecule has 23 heavy (non-hydrogen) atoms. The van der Waals surface area contributed by atoms with Crippen LogP contribution < -0.4 is 0 Å². The van der Waals surface area contributed by atoms with Crippen LogP contribution in [0.15, 0.2) is 54.6 Å². The first-order valence-electron chi connectivity index (χ1n) is 7.39. The summed E-state index contributed by atoms with van der Waals surface area (Å²) >= 11 is 5.71. The van der Waals surface area contributed by atoms with E-state index in [-0.39, 0.29) is 13.0 Å². The van der Waals surface area contributed by atoms with Crippen molar-refractivity contribution in [1.29, 1.82) is 0 Å². The van der Waals surface area contributed by atoms with Crippen LogP contribution in [0.1, 0.15) is 16.8 Å². The van der Waals surface area contributed by atoms with Crippen LogP contribution in [0.2, 0.25) is 0 Å². The molecule has 2 aromatic rings. The van der Waals surface area contributed by atoms with Gasteiger partial charge in [0.25, 0.3) is 0 Å². The van der Waals surface area contributed by atoms with Gasteiger partial charge in [0.2, 0.25) is 0 Å². The fraction of sp³-hybridized carbons (Fsp3) is 0.278. The summed E-state index contributed by atoms with van der Waals surface area (Å²) in [6, 6.07) is 16.9. The van der Waals surface area contributed by atoms with E-state index < -0.39 is 23.8 Å². The summed E-state index contributed by atoms with van der Waals surface area (Å²) in [5.74, 6) is -0.501. The van der Waals surface area contributed by atoms with Gasteiger partial charge in [0.05, 0.1) is 5.56 Å². The normalized spacial score (nSPS) is 23.7. The topological polar surface area (TPSA) is 35.5 Å². The van der Waals surface area contributed by atoms with Crippen LogP contribution in [0.3, 0.4) is 0 Å². The number of carbonyl (C=O) groups excluding carboxylic acids is 1. The molecule has 3 unspecified atom stereocenters. The minimum Gasteiger partial charge on any atom is -0.459 e. The van der Waals surface area contributed by atoms with Crippen molar-refractivity contribution in [3.63, 3.8) is 0 Å². The summed E-state index contributed by atoms with van der Waals surface area (Å²) in [5, 5.41) is 0. The fourth-order valence-electron chi connectivity index (χ4n) is 2.47. The highest BCUT2D eigenvalue weighted by Crippen LogP contribution is 2.26. The molecule has 120 valence electrons. The first-order chi connectivity index (χ1) is 11.1. The fourth-order valence-corrected chi connectivity index (χ4v) is 2.78. The minimum atomic E-state index is -1.20. The Morgan fingerprint density at radius 3 is 2.39 bits per heavy atom. The molecule has 1 aliphatic heterocycles. The van der Waals surface area contributed by atoms with E-state index in [2.05, 4.69) is 0 Å². The zero-order valence-corrected chi connectivity index (χ0v) is 13.1. The van der Waals surface area contributed by atoms with Gasteiger partial charge in [-0.05, 0) is 23.3 Å². The number of hydrogen-bond acceptors (Lipinski definition) is 3. The number of carbonyl (C=O) groups is 1. The number of ether oxygens (including phenoxy) is 2. The summed E-state index contributed by atoms with van der Waals surface area (Å²) < 4.78 is 23.8. The standard InChI is InChI=1S/C18H16ClFO3/c19-17-10-15(20)16(23-17)11-22-18(21)14-8-6-13(7-9-14)12-4-2-1-3-5-12/h1-9,15-17H,10-11H2. The van der Waals surface area contributed by atoms with Gasteiger partial charge in [-0.1, -0.05) is 54.1 Å². The minimum absolute atomic E-state index is 0.121. The third-order valence-electron chi connectivity index (χ3n) is 3.74. The maximum absolute atomic E-state index is 13.5. The van der Waals surface area contributed by atoms with Crippen molar-refractivity contribution >= 4 is 17.6 Å². The van der Waals surface area contributed by atoms with Crippen LogP contribution in [0, 0.1) is 0 Å². The van der Waals surface area contributed by atoms with Crippen LogP contribution >= 0.6 is 11.6 Å². The molecule has 0 amide bonds. The van der Waals surface area contributed by atoms with Gasteiger partial charge in [-0.15, -0.1) is 0 Å². The van der Waals surface area contributed by atoms with Crippen molar-refractivity contribution in [2.24, 2.45) is 0 Å². The molecule has 0 aromatic heterocycles. The maximum Gasteiger partial charge on any atom is 0.338 e. The quantitative estimate of drug-likeness (QED) is 0.621. The van der Waals surface area contributed by atoms with Crippen molar-refractivity contribution in [2.45, 2.75) is 24.3 Å². The van der Waals surface area contributed by atoms with Crippen molar-refractivity contribution in [3.8, 4) is 11.1 Å². The third-order valence-corrected chi connectivity index (χ3v) is 4.02. The maximum atomic E-state index is 13.5. The van der Waals surface area contributed by atoms with E-state index in [0.29, 0.717) is 5.56 Å². The van der Waals surface area contributed by atoms with Gasteiger partial charge in [0.15, 0.2) is 0 Å². The Kier molecular flexibility index (Phi) is 4.94. The Bertz CT molecular complexity index is 660. The number of halogens is 2. The number of benzene rings is 2. The molecular weight excluding hydrogens is 319 g/mol. The average molecular weight is 335 g/mol. The predicted octanol–water partition coefficient (Wildman–Crippen LogP) is 4.20. The van der Waals surface area contributed by atoms with E-state index in [1.165, 1.54) is 0 Å². The molecular formula is C18H16ClFO3. The molecule has 1 aliphatic rings. The van der Waals surface area contributed by atoms with E-state index in [4.69, 9.17) is 21.1 Å². The second-order valence-electron chi connectivity index (χ2n) is 5.38.